The van der Waals surface area contributed by atoms with E-state index in [4.69, 9.17) is 9.47 Å². The van der Waals surface area contributed by atoms with Crippen LogP contribution in [0.4, 0.5) is 0 Å². The van der Waals surface area contributed by atoms with Crippen LogP contribution in [-0.2, 0) is 14.3 Å². The van der Waals surface area contributed by atoms with Gasteiger partial charge in [-0.05, 0) is 6.42 Å². The Morgan fingerprint density at radius 1 is 1.39 bits per heavy atom. The highest BCUT2D eigenvalue weighted by atomic mass is 16.5. The fraction of sp³-hybridized carbons (Fsp3) is 0.500. The van der Waals surface area contributed by atoms with Crippen LogP contribution in [0.2, 0.25) is 0 Å². The standard InChI is InChI=1S/C14H17NO3/c1-17-8-11-7-12-9-18-14(15(12)13(11)16)10-5-3-2-4-6-10/h2-6,11-12,14H,7-9H2,1H3. The molecule has 0 spiro atoms. The van der Waals surface area contributed by atoms with Crippen LogP contribution in [0.1, 0.15) is 18.2 Å². The van der Waals surface area contributed by atoms with Gasteiger partial charge in [-0.25, -0.2) is 0 Å². The zero-order valence-corrected chi connectivity index (χ0v) is 10.4. The van der Waals surface area contributed by atoms with E-state index < -0.39 is 0 Å². The molecular weight excluding hydrogens is 230 g/mol. The summed E-state index contributed by atoms with van der Waals surface area (Å²) in [5.74, 6) is 0.156. The maximum atomic E-state index is 12.3. The summed E-state index contributed by atoms with van der Waals surface area (Å²) in [4.78, 5) is 14.2. The van der Waals surface area contributed by atoms with Crippen molar-refractivity contribution in [2.75, 3.05) is 20.3 Å². The Bertz CT molecular complexity index is 434. The van der Waals surface area contributed by atoms with E-state index in [0.29, 0.717) is 13.2 Å². The van der Waals surface area contributed by atoms with Gasteiger partial charge in [-0.2, -0.15) is 0 Å². The molecule has 4 heteroatoms. The number of carbonyl (C=O) groups is 1. The first-order valence-corrected chi connectivity index (χ1v) is 6.29. The SMILES string of the molecule is COCC1CC2COC(c3ccccc3)N2C1=O. The first kappa shape index (κ1) is 11.7. The highest BCUT2D eigenvalue weighted by molar-refractivity contribution is 5.82. The number of methoxy groups -OCH3 is 1. The molecular formula is C14H17NO3. The normalized spacial score (nSPS) is 30.8. The first-order chi connectivity index (χ1) is 8.81. The van der Waals surface area contributed by atoms with Crippen molar-refractivity contribution >= 4 is 5.91 Å². The number of carbonyl (C=O) groups excluding carboxylic acids is 1. The summed E-state index contributed by atoms with van der Waals surface area (Å²) >= 11 is 0. The Hall–Kier alpha value is -1.39. The largest absolute Gasteiger partial charge is 0.384 e. The van der Waals surface area contributed by atoms with Crippen LogP contribution in [-0.4, -0.2) is 37.2 Å². The Morgan fingerprint density at radius 2 is 2.17 bits per heavy atom. The highest BCUT2D eigenvalue weighted by Gasteiger charge is 2.47. The summed E-state index contributed by atoms with van der Waals surface area (Å²) in [7, 11) is 1.64. The van der Waals surface area contributed by atoms with E-state index >= 15 is 0 Å². The number of hydrogen-bond donors (Lipinski definition) is 0. The minimum absolute atomic E-state index is 0.00453. The first-order valence-electron chi connectivity index (χ1n) is 6.29. The zero-order chi connectivity index (χ0) is 12.5. The number of fused-ring (bicyclic) bond motifs is 1. The predicted molar refractivity (Wildman–Crippen MR) is 65.8 cm³/mol. The van der Waals surface area contributed by atoms with Gasteiger partial charge in [0.15, 0.2) is 6.23 Å². The van der Waals surface area contributed by atoms with Gasteiger partial charge in [0, 0.05) is 12.7 Å². The molecule has 2 aliphatic heterocycles. The van der Waals surface area contributed by atoms with Gasteiger partial charge in [0.1, 0.15) is 0 Å². The van der Waals surface area contributed by atoms with Crippen LogP contribution in [0.5, 0.6) is 0 Å². The molecule has 1 aromatic rings. The Balaban J connectivity index is 1.82. The van der Waals surface area contributed by atoms with E-state index in [1.54, 1.807) is 7.11 Å². The Labute approximate surface area is 106 Å². The second-order valence-electron chi connectivity index (χ2n) is 4.88. The third kappa shape index (κ3) is 1.82. The van der Waals surface area contributed by atoms with E-state index in [2.05, 4.69) is 0 Å². The van der Waals surface area contributed by atoms with Gasteiger partial charge in [0.2, 0.25) is 5.91 Å². The van der Waals surface area contributed by atoms with Crippen molar-refractivity contribution in [1.29, 1.82) is 0 Å². The minimum Gasteiger partial charge on any atom is -0.384 e. The topological polar surface area (TPSA) is 38.8 Å². The van der Waals surface area contributed by atoms with Crippen LogP contribution in [0.3, 0.4) is 0 Å². The van der Waals surface area contributed by atoms with Crippen molar-refractivity contribution in [2.45, 2.75) is 18.7 Å². The molecule has 0 aromatic heterocycles. The molecule has 2 heterocycles. The Morgan fingerprint density at radius 3 is 2.89 bits per heavy atom. The summed E-state index contributed by atoms with van der Waals surface area (Å²) in [5, 5.41) is 0. The summed E-state index contributed by atoms with van der Waals surface area (Å²) in [6, 6.07) is 10.1. The average Bonchev–Trinajstić information content (AvgIpc) is 2.93. The van der Waals surface area contributed by atoms with Crippen LogP contribution in [0.25, 0.3) is 0 Å². The molecule has 3 rings (SSSR count). The summed E-state index contributed by atoms with van der Waals surface area (Å²) in [5.41, 5.74) is 1.05. The molecule has 2 fully saturated rings. The number of benzene rings is 1. The number of ether oxygens (including phenoxy) is 2. The fourth-order valence-electron chi connectivity index (χ4n) is 2.89. The predicted octanol–water partition coefficient (Wildman–Crippen LogP) is 1.58. The molecule has 3 unspecified atom stereocenters. The molecule has 3 atom stereocenters. The molecule has 0 radical (unpaired) electrons. The van der Waals surface area contributed by atoms with Crippen molar-refractivity contribution in [2.24, 2.45) is 5.92 Å². The molecule has 1 amide bonds. The molecule has 1 aromatic carbocycles. The molecule has 0 aliphatic carbocycles. The van der Waals surface area contributed by atoms with Crippen LogP contribution < -0.4 is 0 Å². The van der Waals surface area contributed by atoms with Crippen molar-refractivity contribution in [3.8, 4) is 0 Å². The minimum atomic E-state index is -0.217. The van der Waals surface area contributed by atoms with Gasteiger partial charge in [-0.1, -0.05) is 30.3 Å². The maximum Gasteiger partial charge on any atom is 0.230 e. The molecule has 0 bridgehead atoms. The Kier molecular flexibility index (Phi) is 3.06. The van der Waals surface area contributed by atoms with Gasteiger partial charge < -0.3 is 14.4 Å². The molecule has 0 saturated carbocycles. The van der Waals surface area contributed by atoms with E-state index in [0.717, 1.165) is 12.0 Å². The lowest BCUT2D eigenvalue weighted by atomic mass is 10.1. The summed E-state index contributed by atoms with van der Waals surface area (Å²) < 4.78 is 10.9. The van der Waals surface area contributed by atoms with Crippen LogP contribution >= 0.6 is 0 Å². The third-order valence-electron chi connectivity index (χ3n) is 3.71. The molecule has 4 nitrogen and oxygen atoms in total. The lowest BCUT2D eigenvalue weighted by Gasteiger charge is -2.23. The quantitative estimate of drug-likeness (QED) is 0.814. The van der Waals surface area contributed by atoms with E-state index in [-0.39, 0.29) is 24.1 Å². The van der Waals surface area contributed by atoms with E-state index in [1.807, 2.05) is 35.2 Å². The lowest BCUT2D eigenvalue weighted by molar-refractivity contribution is -0.138. The number of hydrogen-bond acceptors (Lipinski definition) is 3. The van der Waals surface area contributed by atoms with E-state index in [9.17, 15) is 4.79 Å². The monoisotopic (exact) mass is 247 g/mol. The van der Waals surface area contributed by atoms with Crippen molar-refractivity contribution < 1.29 is 14.3 Å². The number of rotatable bonds is 3. The number of nitrogens with zero attached hydrogens (tertiary/aromatic N) is 1. The van der Waals surface area contributed by atoms with Gasteiger partial charge in [0.05, 0.1) is 25.2 Å². The summed E-state index contributed by atoms with van der Waals surface area (Å²) in [6.07, 6.45) is 0.626. The fourth-order valence-corrected chi connectivity index (χ4v) is 2.89. The maximum absolute atomic E-state index is 12.3. The van der Waals surface area contributed by atoms with Crippen molar-refractivity contribution in [3.05, 3.63) is 35.9 Å². The van der Waals surface area contributed by atoms with Gasteiger partial charge in [-0.3, -0.25) is 4.79 Å². The second kappa shape index (κ2) is 4.71. The van der Waals surface area contributed by atoms with E-state index in [1.165, 1.54) is 0 Å². The van der Waals surface area contributed by atoms with Crippen molar-refractivity contribution in [3.63, 3.8) is 0 Å². The zero-order valence-electron chi connectivity index (χ0n) is 10.4. The van der Waals surface area contributed by atoms with Crippen LogP contribution in [0, 0.1) is 5.92 Å². The highest BCUT2D eigenvalue weighted by Crippen LogP contribution is 2.39. The second-order valence-corrected chi connectivity index (χ2v) is 4.88. The molecule has 18 heavy (non-hydrogen) atoms. The van der Waals surface area contributed by atoms with Gasteiger partial charge >= 0.3 is 0 Å². The van der Waals surface area contributed by atoms with Gasteiger partial charge in [-0.15, -0.1) is 0 Å². The molecule has 0 N–H and O–H groups in total. The molecule has 2 aliphatic rings. The number of amides is 1. The van der Waals surface area contributed by atoms with Gasteiger partial charge in [0.25, 0.3) is 0 Å². The van der Waals surface area contributed by atoms with Crippen LogP contribution in [0.15, 0.2) is 30.3 Å². The molecule has 2 saturated heterocycles. The summed E-state index contributed by atoms with van der Waals surface area (Å²) in [6.45, 7) is 1.14. The molecule has 96 valence electrons. The average molecular weight is 247 g/mol. The lowest BCUT2D eigenvalue weighted by Crippen LogP contribution is -2.32. The third-order valence-corrected chi connectivity index (χ3v) is 3.71. The smallest absolute Gasteiger partial charge is 0.230 e. The van der Waals surface area contributed by atoms with Crippen molar-refractivity contribution in [1.82, 2.24) is 4.90 Å².